The van der Waals surface area contributed by atoms with Crippen LogP contribution in [-0.4, -0.2) is 75.1 Å². The molecular formula is C53H58O14. The summed E-state index contributed by atoms with van der Waals surface area (Å²) in [7, 11) is 1.51. The third-order valence-corrected chi connectivity index (χ3v) is 10.2. The number of ether oxygens (including phenoxy) is 7. The smallest absolute Gasteiger partial charge is 0.330 e. The summed E-state index contributed by atoms with van der Waals surface area (Å²) < 4.78 is 37.0. The molecule has 0 N–H and O–H groups in total. The Hall–Kier alpha value is -7.35. The van der Waals surface area contributed by atoms with Crippen molar-refractivity contribution in [3.63, 3.8) is 0 Å². The zero-order chi connectivity index (χ0) is 49.1. The molecule has 0 aliphatic rings. The first-order valence-electron chi connectivity index (χ1n) is 21.5. The van der Waals surface area contributed by atoms with Crippen LogP contribution in [0.2, 0.25) is 0 Å². The maximum absolute atomic E-state index is 13.5. The van der Waals surface area contributed by atoms with E-state index in [0.29, 0.717) is 22.4 Å². The quantitative estimate of drug-likeness (QED) is 0.0266. The van der Waals surface area contributed by atoms with Gasteiger partial charge in [0.25, 0.3) is 0 Å². The SMILES string of the molecule is C=CC(=O)OCC(C)(C)COC(=O)CCC(=O)OCc1cc(-c2ccc(C(=O)c3ccc(-c4ccc(OC)c(COC(=O)CCC(=O)OCC(C)(C)COC(=O)C=C)c4)cc3)cc2)ccc1C. The van der Waals surface area contributed by atoms with Crippen LogP contribution in [0.4, 0.5) is 0 Å². The topological polar surface area (TPSA) is 184 Å². The molecule has 0 heterocycles. The number of esters is 6. The van der Waals surface area contributed by atoms with Crippen LogP contribution in [0.25, 0.3) is 22.3 Å². The molecule has 4 aromatic carbocycles. The first-order chi connectivity index (χ1) is 31.8. The molecule has 0 aliphatic carbocycles. The van der Waals surface area contributed by atoms with Crippen molar-refractivity contribution < 1.29 is 66.7 Å². The first kappa shape index (κ1) is 52.3. The number of rotatable bonds is 25. The summed E-state index contributed by atoms with van der Waals surface area (Å²) in [5.74, 6) is -3.10. The van der Waals surface area contributed by atoms with Crippen LogP contribution in [0.15, 0.2) is 110 Å². The van der Waals surface area contributed by atoms with Gasteiger partial charge < -0.3 is 33.2 Å². The average molecular weight is 919 g/mol. The molecule has 0 unspecified atom stereocenters. The van der Waals surface area contributed by atoms with E-state index in [4.69, 9.17) is 33.2 Å². The first-order valence-corrected chi connectivity index (χ1v) is 21.5. The monoisotopic (exact) mass is 918 g/mol. The molecule has 14 heteroatoms. The van der Waals surface area contributed by atoms with Gasteiger partial charge in [0.1, 0.15) is 19.0 Å². The lowest BCUT2D eigenvalue weighted by Gasteiger charge is -2.23. The standard InChI is InChI=1S/C53H58O14/c1-9-45(54)64-31-52(4,5)33-66-49(58)25-23-47(56)62-29-42-27-40(12-11-35(42)3)36-13-17-38(18-14-36)51(60)39-19-15-37(16-20-39)41-21-22-44(61-8)43(28-41)30-63-48(57)24-26-50(59)67-34-53(6,7)32-65-46(55)10-2/h9-22,27-28H,1-2,23-26,29-34H2,3-8H3. The molecule has 0 aliphatic heterocycles. The minimum Gasteiger partial charge on any atom is -0.496 e. The van der Waals surface area contributed by atoms with Crippen molar-refractivity contribution in [1.29, 1.82) is 0 Å². The molecule has 0 radical (unpaired) electrons. The maximum Gasteiger partial charge on any atom is 0.330 e. The zero-order valence-corrected chi connectivity index (χ0v) is 38.9. The Morgan fingerprint density at radius 2 is 0.836 bits per heavy atom. The highest BCUT2D eigenvalue weighted by molar-refractivity contribution is 6.09. The second-order valence-electron chi connectivity index (χ2n) is 17.2. The Kier molecular flexibility index (Phi) is 19.4. The Morgan fingerprint density at radius 1 is 0.478 bits per heavy atom. The van der Waals surface area contributed by atoms with Crippen molar-refractivity contribution in [1.82, 2.24) is 0 Å². The van der Waals surface area contributed by atoms with Gasteiger partial charge in [0, 0.05) is 39.7 Å². The lowest BCUT2D eigenvalue weighted by Crippen LogP contribution is -2.28. The Labute approximate surface area is 391 Å². The number of ketones is 1. The van der Waals surface area contributed by atoms with E-state index in [-0.39, 0.29) is 71.1 Å². The summed E-state index contributed by atoms with van der Waals surface area (Å²) in [5, 5.41) is 0. The largest absolute Gasteiger partial charge is 0.496 e. The van der Waals surface area contributed by atoms with E-state index in [2.05, 4.69) is 13.2 Å². The van der Waals surface area contributed by atoms with E-state index in [1.807, 2.05) is 61.5 Å². The number of methoxy groups -OCH3 is 1. The maximum atomic E-state index is 13.5. The Balaban J connectivity index is 1.27. The molecular weight excluding hydrogens is 861 g/mol. The van der Waals surface area contributed by atoms with Crippen LogP contribution in [-0.2, 0) is 70.4 Å². The summed E-state index contributed by atoms with van der Waals surface area (Å²) in [6.07, 6.45) is 1.41. The number of aryl methyl sites for hydroxylation is 1. The molecule has 0 fully saturated rings. The molecule has 0 aromatic heterocycles. The minimum atomic E-state index is -0.627. The van der Waals surface area contributed by atoms with E-state index in [1.54, 1.807) is 58.0 Å². The number of hydrogen-bond acceptors (Lipinski definition) is 14. The van der Waals surface area contributed by atoms with Crippen LogP contribution in [0.1, 0.15) is 86.0 Å². The number of benzene rings is 4. The molecule has 0 amide bonds. The third kappa shape index (κ3) is 17.2. The fraction of sp³-hybridized carbons (Fsp3) is 0.340. The summed E-state index contributed by atoms with van der Waals surface area (Å²) in [6, 6.07) is 25.6. The van der Waals surface area contributed by atoms with Crippen molar-refractivity contribution in [3.05, 3.63) is 138 Å². The Bertz CT molecular complexity index is 2430. The van der Waals surface area contributed by atoms with Gasteiger partial charge in [0.15, 0.2) is 5.78 Å². The Morgan fingerprint density at radius 3 is 1.25 bits per heavy atom. The minimum absolute atomic E-state index is 0.00547. The van der Waals surface area contributed by atoms with Gasteiger partial charge in [-0.2, -0.15) is 0 Å². The van der Waals surface area contributed by atoms with E-state index in [1.165, 1.54) is 7.11 Å². The van der Waals surface area contributed by atoms with Gasteiger partial charge in [-0.15, -0.1) is 0 Å². The second kappa shape index (κ2) is 24.8. The van der Waals surface area contributed by atoms with Crippen LogP contribution >= 0.6 is 0 Å². The van der Waals surface area contributed by atoms with Crippen molar-refractivity contribution in [2.75, 3.05) is 33.5 Å². The summed E-state index contributed by atoms with van der Waals surface area (Å²) in [4.78, 5) is 85.8. The molecule has 4 aromatic rings. The normalized spacial score (nSPS) is 11.1. The predicted octanol–water partition coefficient (Wildman–Crippen LogP) is 8.81. The summed E-state index contributed by atoms with van der Waals surface area (Å²) >= 11 is 0. The molecule has 14 nitrogen and oxygen atoms in total. The number of carbonyl (C=O) groups excluding carboxylic acids is 7. The lowest BCUT2D eigenvalue weighted by molar-refractivity contribution is -0.154. The van der Waals surface area contributed by atoms with Gasteiger partial charge >= 0.3 is 35.8 Å². The molecule has 0 atom stereocenters. The van der Waals surface area contributed by atoms with Gasteiger partial charge in [-0.3, -0.25) is 24.0 Å². The van der Waals surface area contributed by atoms with E-state index in [9.17, 15) is 33.6 Å². The van der Waals surface area contributed by atoms with Crippen molar-refractivity contribution in [3.8, 4) is 28.0 Å². The van der Waals surface area contributed by atoms with Crippen molar-refractivity contribution in [2.24, 2.45) is 10.8 Å². The molecule has 0 bridgehead atoms. The van der Waals surface area contributed by atoms with Crippen LogP contribution in [0, 0.1) is 17.8 Å². The fourth-order valence-corrected chi connectivity index (χ4v) is 6.17. The van der Waals surface area contributed by atoms with Crippen LogP contribution in [0.3, 0.4) is 0 Å². The summed E-state index contributed by atoms with van der Waals surface area (Å²) in [5.41, 5.74) is 5.38. The average Bonchev–Trinajstić information content (AvgIpc) is 3.33. The van der Waals surface area contributed by atoms with Gasteiger partial charge in [-0.05, 0) is 58.5 Å². The van der Waals surface area contributed by atoms with Gasteiger partial charge in [0.2, 0.25) is 0 Å². The fourth-order valence-electron chi connectivity index (χ4n) is 6.17. The molecule has 0 spiro atoms. The third-order valence-electron chi connectivity index (χ3n) is 10.2. The van der Waals surface area contributed by atoms with Crippen LogP contribution in [0.5, 0.6) is 5.75 Å². The van der Waals surface area contributed by atoms with E-state index < -0.39 is 46.6 Å². The van der Waals surface area contributed by atoms with Gasteiger partial charge in [-0.1, -0.05) is 108 Å². The highest BCUT2D eigenvalue weighted by Crippen LogP contribution is 2.29. The highest BCUT2D eigenvalue weighted by atomic mass is 16.6. The molecule has 0 saturated heterocycles. The van der Waals surface area contributed by atoms with Crippen LogP contribution < -0.4 is 4.74 Å². The second-order valence-corrected chi connectivity index (χ2v) is 17.2. The van der Waals surface area contributed by atoms with Crippen molar-refractivity contribution in [2.45, 2.75) is 73.5 Å². The van der Waals surface area contributed by atoms with Gasteiger partial charge in [-0.25, -0.2) is 9.59 Å². The molecule has 4 rings (SSSR count). The van der Waals surface area contributed by atoms with Crippen molar-refractivity contribution >= 4 is 41.6 Å². The van der Waals surface area contributed by atoms with E-state index in [0.717, 1.165) is 45.5 Å². The predicted molar refractivity (Wildman–Crippen MR) is 248 cm³/mol. The molecule has 0 saturated carbocycles. The van der Waals surface area contributed by atoms with Gasteiger partial charge in [0.05, 0.1) is 59.2 Å². The lowest BCUT2D eigenvalue weighted by atomic mass is 9.96. The molecule has 354 valence electrons. The van der Waals surface area contributed by atoms with E-state index >= 15 is 0 Å². The zero-order valence-electron chi connectivity index (χ0n) is 38.9. The highest BCUT2D eigenvalue weighted by Gasteiger charge is 2.24. The summed E-state index contributed by atoms with van der Waals surface area (Å²) in [6.45, 7) is 15.7. The molecule has 67 heavy (non-hydrogen) atoms. The number of carbonyl (C=O) groups is 7. The number of hydrogen-bond donors (Lipinski definition) is 0.